The van der Waals surface area contributed by atoms with E-state index in [4.69, 9.17) is 9.97 Å². The van der Waals surface area contributed by atoms with Crippen LogP contribution in [0, 0.1) is 6.92 Å². The van der Waals surface area contributed by atoms with E-state index in [1.165, 1.54) is 16.7 Å². The molecule has 1 aliphatic heterocycles. The fourth-order valence-electron chi connectivity index (χ4n) is 5.81. The number of benzene rings is 2. The zero-order valence-corrected chi connectivity index (χ0v) is 21.9. The minimum Gasteiger partial charge on any atom is -0.390 e. The van der Waals surface area contributed by atoms with Crippen LogP contribution in [0.2, 0.25) is 0 Å². The SMILES string of the molecule is CCc1nc2c(C)cc(CC(C)(C)O)nc2n1[C@H]1CCc2cc(-c3ccccc3C3=NN=NC3)ccc21. The normalized spacial score (nSPS) is 17.0. The monoisotopic (exact) mass is 492 g/mol. The van der Waals surface area contributed by atoms with Crippen molar-refractivity contribution < 1.29 is 5.11 Å². The smallest absolute Gasteiger partial charge is 0.161 e. The van der Waals surface area contributed by atoms with Gasteiger partial charge in [-0.15, -0.1) is 5.10 Å². The van der Waals surface area contributed by atoms with E-state index in [0.29, 0.717) is 13.0 Å². The van der Waals surface area contributed by atoms with E-state index in [2.05, 4.69) is 76.3 Å². The largest absolute Gasteiger partial charge is 0.390 e. The fraction of sp³-hybridized carbons (Fsp3) is 0.367. The maximum absolute atomic E-state index is 10.4. The minimum absolute atomic E-state index is 0.195. The first-order chi connectivity index (χ1) is 17.8. The van der Waals surface area contributed by atoms with Gasteiger partial charge in [0.15, 0.2) is 5.65 Å². The molecule has 6 rings (SSSR count). The first-order valence-electron chi connectivity index (χ1n) is 13.1. The van der Waals surface area contributed by atoms with E-state index in [-0.39, 0.29) is 6.04 Å². The van der Waals surface area contributed by atoms with Crippen molar-refractivity contribution in [3.05, 3.63) is 82.3 Å². The van der Waals surface area contributed by atoms with Crippen LogP contribution in [0.5, 0.6) is 0 Å². The second kappa shape index (κ2) is 8.99. The highest BCUT2D eigenvalue weighted by Crippen LogP contribution is 2.40. The molecule has 2 aromatic heterocycles. The number of hydrogen-bond acceptors (Lipinski definition) is 6. The number of aliphatic hydroxyl groups is 1. The molecule has 1 atom stereocenters. The van der Waals surface area contributed by atoms with Gasteiger partial charge in [-0.1, -0.05) is 49.4 Å². The van der Waals surface area contributed by atoms with Crippen LogP contribution in [0.3, 0.4) is 0 Å². The van der Waals surface area contributed by atoms with E-state index < -0.39 is 5.60 Å². The number of fused-ring (bicyclic) bond motifs is 2. The fourth-order valence-corrected chi connectivity index (χ4v) is 5.81. The van der Waals surface area contributed by atoms with E-state index >= 15 is 0 Å². The van der Waals surface area contributed by atoms with Gasteiger partial charge in [0, 0.05) is 24.1 Å². The van der Waals surface area contributed by atoms with Gasteiger partial charge in [-0.25, -0.2) is 9.97 Å². The molecule has 0 unspecified atom stereocenters. The van der Waals surface area contributed by atoms with Crippen LogP contribution in [0.15, 0.2) is 64.0 Å². The van der Waals surface area contributed by atoms with Crippen LogP contribution < -0.4 is 0 Å². The molecule has 0 fully saturated rings. The predicted molar refractivity (Wildman–Crippen MR) is 146 cm³/mol. The lowest BCUT2D eigenvalue weighted by atomic mass is 9.94. The molecule has 188 valence electrons. The Kier molecular flexibility index (Phi) is 5.75. The van der Waals surface area contributed by atoms with Crippen LogP contribution in [-0.2, 0) is 19.3 Å². The molecule has 1 aliphatic carbocycles. The van der Waals surface area contributed by atoms with Gasteiger partial charge in [0.2, 0.25) is 0 Å². The lowest BCUT2D eigenvalue weighted by Gasteiger charge is -2.19. The summed E-state index contributed by atoms with van der Waals surface area (Å²) in [6, 6.07) is 17.5. The average molecular weight is 493 g/mol. The van der Waals surface area contributed by atoms with Crippen LogP contribution in [-0.4, -0.2) is 37.5 Å². The summed E-state index contributed by atoms with van der Waals surface area (Å²) in [7, 11) is 0. The zero-order valence-electron chi connectivity index (χ0n) is 21.9. The quantitative estimate of drug-likeness (QED) is 0.359. The third-order valence-electron chi connectivity index (χ3n) is 7.39. The summed E-state index contributed by atoms with van der Waals surface area (Å²) in [5.74, 6) is 1.06. The standard InChI is InChI=1S/C30H32N6O/c1-5-27-33-28-18(2)14-21(16-30(3,4)37)32-29(28)36(27)26-13-11-20-15-19(10-12-23(20)26)22-8-6-7-9-24(22)25-17-31-35-34-25/h6-10,12,14-15,26,37H,5,11,13,16-17H2,1-4H3/t26-/m0/s1. The van der Waals surface area contributed by atoms with E-state index in [1.807, 2.05) is 19.9 Å². The molecule has 0 saturated carbocycles. The molecular formula is C30H32N6O. The highest BCUT2D eigenvalue weighted by atomic mass is 16.3. The Morgan fingerprint density at radius 2 is 1.86 bits per heavy atom. The minimum atomic E-state index is -0.815. The maximum Gasteiger partial charge on any atom is 0.161 e. The Morgan fingerprint density at radius 1 is 1.05 bits per heavy atom. The first kappa shape index (κ1) is 23.7. The van der Waals surface area contributed by atoms with Crippen molar-refractivity contribution in [1.82, 2.24) is 14.5 Å². The highest BCUT2D eigenvalue weighted by Gasteiger charge is 2.29. The van der Waals surface area contributed by atoms with Crippen LogP contribution in [0.1, 0.15) is 67.0 Å². The summed E-state index contributed by atoms with van der Waals surface area (Å²) in [5.41, 5.74) is 10.1. The zero-order chi connectivity index (χ0) is 25.7. The van der Waals surface area contributed by atoms with E-state index in [0.717, 1.165) is 64.3 Å². The summed E-state index contributed by atoms with van der Waals surface area (Å²) in [6.07, 6.45) is 3.37. The third-order valence-corrected chi connectivity index (χ3v) is 7.39. The molecular weight excluding hydrogens is 460 g/mol. The lowest BCUT2D eigenvalue weighted by molar-refractivity contribution is 0.0800. The molecule has 0 radical (unpaired) electrons. The Labute approximate surface area is 217 Å². The van der Waals surface area contributed by atoms with Crippen molar-refractivity contribution in [1.29, 1.82) is 0 Å². The molecule has 37 heavy (non-hydrogen) atoms. The van der Waals surface area contributed by atoms with Crippen molar-refractivity contribution in [2.24, 2.45) is 15.4 Å². The summed E-state index contributed by atoms with van der Waals surface area (Å²) >= 11 is 0. The van der Waals surface area contributed by atoms with Crippen molar-refractivity contribution in [2.45, 2.75) is 65.0 Å². The lowest BCUT2D eigenvalue weighted by Crippen LogP contribution is -2.22. The van der Waals surface area contributed by atoms with Gasteiger partial charge >= 0.3 is 0 Å². The number of aryl methyl sites for hydroxylation is 3. The van der Waals surface area contributed by atoms with Crippen LogP contribution >= 0.6 is 0 Å². The Morgan fingerprint density at radius 3 is 2.59 bits per heavy atom. The topological polar surface area (TPSA) is 88.0 Å². The Bertz CT molecular complexity index is 1570. The van der Waals surface area contributed by atoms with Gasteiger partial charge < -0.3 is 9.67 Å². The van der Waals surface area contributed by atoms with Gasteiger partial charge in [0.05, 0.1) is 17.4 Å². The molecule has 0 amide bonds. The molecule has 4 aromatic rings. The van der Waals surface area contributed by atoms with Gasteiger partial charge in [-0.2, -0.15) is 5.11 Å². The third kappa shape index (κ3) is 4.27. The first-order valence-corrected chi connectivity index (χ1v) is 13.1. The van der Waals surface area contributed by atoms with Crippen LogP contribution in [0.25, 0.3) is 22.3 Å². The molecule has 0 spiro atoms. The second-order valence-electron chi connectivity index (χ2n) is 10.8. The number of hydrogen-bond donors (Lipinski definition) is 1. The molecule has 1 N–H and O–H groups in total. The van der Waals surface area contributed by atoms with Gasteiger partial charge in [0.1, 0.15) is 17.9 Å². The van der Waals surface area contributed by atoms with Crippen molar-refractivity contribution in [3.63, 3.8) is 0 Å². The second-order valence-corrected chi connectivity index (χ2v) is 10.8. The molecule has 0 bridgehead atoms. The summed E-state index contributed by atoms with van der Waals surface area (Å²) in [6.45, 7) is 8.43. The van der Waals surface area contributed by atoms with E-state index in [9.17, 15) is 5.11 Å². The number of imidazole rings is 1. The number of pyridine rings is 1. The maximum atomic E-state index is 10.4. The van der Waals surface area contributed by atoms with Gasteiger partial charge in [0.25, 0.3) is 0 Å². The Balaban J connectivity index is 1.42. The molecule has 0 saturated heterocycles. The molecule has 3 heterocycles. The van der Waals surface area contributed by atoms with E-state index in [1.54, 1.807) is 0 Å². The van der Waals surface area contributed by atoms with Crippen molar-refractivity contribution in [2.75, 3.05) is 6.54 Å². The summed E-state index contributed by atoms with van der Waals surface area (Å²) < 4.78 is 2.35. The summed E-state index contributed by atoms with van der Waals surface area (Å²) in [4.78, 5) is 10.1. The number of aromatic nitrogens is 3. The average Bonchev–Trinajstić information content (AvgIpc) is 3.61. The molecule has 7 heteroatoms. The summed E-state index contributed by atoms with van der Waals surface area (Å²) in [5, 5.41) is 22.5. The Hall–Kier alpha value is -3.71. The van der Waals surface area contributed by atoms with Crippen LogP contribution in [0.4, 0.5) is 0 Å². The number of rotatable bonds is 6. The highest BCUT2D eigenvalue weighted by molar-refractivity contribution is 6.07. The molecule has 2 aliphatic rings. The predicted octanol–water partition coefficient (Wildman–Crippen LogP) is 5.99. The van der Waals surface area contributed by atoms with Crippen molar-refractivity contribution in [3.8, 4) is 11.1 Å². The van der Waals surface area contributed by atoms with Gasteiger partial charge in [-0.05, 0) is 72.7 Å². The number of nitrogens with zero attached hydrogens (tertiary/aromatic N) is 6. The molecule has 7 nitrogen and oxygen atoms in total. The molecule has 2 aromatic carbocycles. The van der Waals surface area contributed by atoms with Gasteiger partial charge in [-0.3, -0.25) is 0 Å². The van der Waals surface area contributed by atoms with Crippen molar-refractivity contribution >= 4 is 16.9 Å².